The number of nitrogen functional groups attached to an aromatic ring is 1. The van der Waals surface area contributed by atoms with Gasteiger partial charge in [0.1, 0.15) is 5.82 Å². The fourth-order valence-electron chi connectivity index (χ4n) is 1.24. The van der Waals surface area contributed by atoms with Crippen molar-refractivity contribution in [3.05, 3.63) is 6.07 Å². The number of aromatic nitrogens is 2. The molecule has 0 amide bonds. The van der Waals surface area contributed by atoms with Gasteiger partial charge in [0, 0.05) is 32.7 Å². The molecular formula is C11H20N4O2. The number of anilines is 2. The first-order valence-electron chi connectivity index (χ1n) is 5.76. The lowest BCUT2D eigenvalue weighted by atomic mass is 10.4. The van der Waals surface area contributed by atoms with E-state index in [0.717, 1.165) is 19.4 Å². The second-order valence-electron chi connectivity index (χ2n) is 3.57. The van der Waals surface area contributed by atoms with Crippen molar-refractivity contribution >= 4 is 11.8 Å². The normalized spacial score (nSPS) is 10.2. The van der Waals surface area contributed by atoms with Crippen molar-refractivity contribution in [2.75, 3.05) is 37.9 Å². The molecule has 0 saturated heterocycles. The SMILES string of the molecule is CCCNc1cc(OCCCOC)nc(N)n1. The van der Waals surface area contributed by atoms with Gasteiger partial charge in [-0.05, 0) is 6.42 Å². The van der Waals surface area contributed by atoms with Gasteiger partial charge in [-0.15, -0.1) is 0 Å². The van der Waals surface area contributed by atoms with Crippen LogP contribution in [0.2, 0.25) is 0 Å². The van der Waals surface area contributed by atoms with Gasteiger partial charge in [0.2, 0.25) is 11.8 Å². The molecule has 6 heteroatoms. The van der Waals surface area contributed by atoms with Gasteiger partial charge in [-0.25, -0.2) is 0 Å². The Morgan fingerprint density at radius 1 is 1.35 bits per heavy atom. The molecule has 1 aromatic rings. The number of nitrogens with zero attached hydrogens (tertiary/aromatic N) is 2. The van der Waals surface area contributed by atoms with Crippen molar-refractivity contribution in [2.45, 2.75) is 19.8 Å². The molecule has 0 unspecified atom stereocenters. The maximum absolute atomic E-state index is 5.59. The molecule has 6 nitrogen and oxygen atoms in total. The highest BCUT2D eigenvalue weighted by Gasteiger charge is 2.02. The Hall–Kier alpha value is -1.56. The first-order chi connectivity index (χ1) is 8.26. The third-order valence-corrected chi connectivity index (χ3v) is 2.02. The first kappa shape index (κ1) is 13.5. The highest BCUT2D eigenvalue weighted by atomic mass is 16.5. The Morgan fingerprint density at radius 2 is 2.18 bits per heavy atom. The number of hydrogen-bond acceptors (Lipinski definition) is 6. The molecule has 0 aliphatic rings. The van der Waals surface area contributed by atoms with Crippen LogP contribution in [-0.4, -0.2) is 36.8 Å². The van der Waals surface area contributed by atoms with E-state index in [0.29, 0.717) is 24.9 Å². The summed E-state index contributed by atoms with van der Waals surface area (Å²) < 4.78 is 10.4. The number of ether oxygens (including phenoxy) is 2. The molecule has 0 aliphatic carbocycles. The predicted octanol–water partition coefficient (Wildman–Crippen LogP) is 1.30. The minimum absolute atomic E-state index is 0.216. The highest BCUT2D eigenvalue weighted by molar-refractivity contribution is 5.42. The van der Waals surface area contributed by atoms with E-state index in [4.69, 9.17) is 15.2 Å². The Morgan fingerprint density at radius 3 is 2.88 bits per heavy atom. The van der Waals surface area contributed by atoms with Gasteiger partial charge < -0.3 is 20.5 Å². The Bertz CT molecular complexity index is 333. The molecule has 0 bridgehead atoms. The van der Waals surface area contributed by atoms with Crippen LogP contribution in [-0.2, 0) is 4.74 Å². The number of hydrogen-bond donors (Lipinski definition) is 2. The molecule has 96 valence electrons. The lowest BCUT2D eigenvalue weighted by Gasteiger charge is -2.08. The largest absolute Gasteiger partial charge is 0.477 e. The lowest BCUT2D eigenvalue weighted by molar-refractivity contribution is 0.170. The van der Waals surface area contributed by atoms with Gasteiger partial charge in [-0.2, -0.15) is 9.97 Å². The number of nitrogens with two attached hydrogens (primary N) is 1. The van der Waals surface area contributed by atoms with E-state index in [1.807, 2.05) is 0 Å². The summed E-state index contributed by atoms with van der Waals surface area (Å²) >= 11 is 0. The van der Waals surface area contributed by atoms with Gasteiger partial charge in [0.05, 0.1) is 6.61 Å². The predicted molar refractivity (Wildman–Crippen MR) is 67.2 cm³/mol. The minimum Gasteiger partial charge on any atom is -0.477 e. The van der Waals surface area contributed by atoms with Crippen molar-refractivity contribution in [3.8, 4) is 5.88 Å². The van der Waals surface area contributed by atoms with E-state index < -0.39 is 0 Å². The Labute approximate surface area is 102 Å². The Balaban J connectivity index is 2.50. The first-order valence-corrected chi connectivity index (χ1v) is 5.76. The van der Waals surface area contributed by atoms with Gasteiger partial charge >= 0.3 is 0 Å². The zero-order chi connectivity index (χ0) is 12.5. The fourth-order valence-corrected chi connectivity index (χ4v) is 1.24. The van der Waals surface area contributed by atoms with E-state index in [-0.39, 0.29) is 5.95 Å². The molecule has 1 heterocycles. The second kappa shape index (κ2) is 7.67. The van der Waals surface area contributed by atoms with Crippen LogP contribution in [0.25, 0.3) is 0 Å². The van der Waals surface area contributed by atoms with E-state index in [2.05, 4.69) is 22.2 Å². The monoisotopic (exact) mass is 240 g/mol. The second-order valence-corrected chi connectivity index (χ2v) is 3.57. The van der Waals surface area contributed by atoms with E-state index >= 15 is 0 Å². The van der Waals surface area contributed by atoms with Gasteiger partial charge in [0.25, 0.3) is 0 Å². The van der Waals surface area contributed by atoms with Crippen molar-refractivity contribution in [1.82, 2.24) is 9.97 Å². The van der Waals surface area contributed by atoms with Crippen molar-refractivity contribution in [3.63, 3.8) is 0 Å². The van der Waals surface area contributed by atoms with Crippen LogP contribution in [0.3, 0.4) is 0 Å². The topological polar surface area (TPSA) is 82.3 Å². The van der Waals surface area contributed by atoms with Crippen LogP contribution in [0.1, 0.15) is 19.8 Å². The zero-order valence-electron chi connectivity index (χ0n) is 10.4. The average molecular weight is 240 g/mol. The molecule has 0 radical (unpaired) electrons. The fraction of sp³-hybridized carbons (Fsp3) is 0.636. The summed E-state index contributed by atoms with van der Waals surface area (Å²) in [5, 5.41) is 3.14. The summed E-state index contributed by atoms with van der Waals surface area (Å²) in [5.41, 5.74) is 5.59. The molecule has 3 N–H and O–H groups in total. The standard InChI is InChI=1S/C11H20N4O2/c1-3-5-13-9-8-10(15-11(12)14-9)17-7-4-6-16-2/h8H,3-7H2,1-2H3,(H3,12,13,14,15). The minimum atomic E-state index is 0.216. The van der Waals surface area contributed by atoms with Crippen LogP contribution >= 0.6 is 0 Å². The number of methoxy groups -OCH3 is 1. The maximum atomic E-state index is 5.59. The molecule has 0 aliphatic heterocycles. The van der Waals surface area contributed by atoms with E-state index in [9.17, 15) is 0 Å². The summed E-state index contributed by atoms with van der Waals surface area (Å²) in [6.07, 6.45) is 1.84. The number of rotatable bonds is 8. The van der Waals surface area contributed by atoms with Crippen LogP contribution in [0.15, 0.2) is 6.07 Å². The molecule has 0 saturated carbocycles. The summed E-state index contributed by atoms with van der Waals surface area (Å²) in [7, 11) is 1.66. The third kappa shape index (κ3) is 5.35. The van der Waals surface area contributed by atoms with Crippen LogP contribution in [0.5, 0.6) is 5.88 Å². The third-order valence-electron chi connectivity index (χ3n) is 2.02. The molecule has 0 fully saturated rings. The molecule has 0 atom stereocenters. The average Bonchev–Trinajstić information content (AvgIpc) is 2.31. The molecule has 1 rings (SSSR count). The van der Waals surface area contributed by atoms with E-state index in [1.54, 1.807) is 13.2 Å². The lowest BCUT2D eigenvalue weighted by Crippen LogP contribution is -2.08. The van der Waals surface area contributed by atoms with Crippen molar-refractivity contribution in [2.24, 2.45) is 0 Å². The van der Waals surface area contributed by atoms with Crippen LogP contribution in [0, 0.1) is 0 Å². The molecule has 17 heavy (non-hydrogen) atoms. The summed E-state index contributed by atoms with van der Waals surface area (Å²) in [4.78, 5) is 8.07. The van der Waals surface area contributed by atoms with Gasteiger partial charge in [-0.3, -0.25) is 0 Å². The molecule has 0 spiro atoms. The van der Waals surface area contributed by atoms with Crippen LogP contribution in [0.4, 0.5) is 11.8 Å². The van der Waals surface area contributed by atoms with Crippen molar-refractivity contribution < 1.29 is 9.47 Å². The van der Waals surface area contributed by atoms with E-state index in [1.165, 1.54) is 0 Å². The van der Waals surface area contributed by atoms with Gasteiger partial charge in [-0.1, -0.05) is 6.92 Å². The molecule has 0 aromatic carbocycles. The van der Waals surface area contributed by atoms with Crippen LogP contribution < -0.4 is 15.8 Å². The smallest absolute Gasteiger partial charge is 0.225 e. The Kier molecular flexibility index (Phi) is 6.09. The number of nitrogens with one attached hydrogen (secondary N) is 1. The quantitative estimate of drug-likeness (QED) is 0.666. The summed E-state index contributed by atoms with van der Waals surface area (Å²) in [5.74, 6) is 1.40. The van der Waals surface area contributed by atoms with Gasteiger partial charge in [0.15, 0.2) is 0 Å². The maximum Gasteiger partial charge on any atom is 0.225 e. The molecular weight excluding hydrogens is 220 g/mol. The zero-order valence-corrected chi connectivity index (χ0v) is 10.4. The van der Waals surface area contributed by atoms with Crippen molar-refractivity contribution in [1.29, 1.82) is 0 Å². The molecule has 1 aromatic heterocycles. The highest BCUT2D eigenvalue weighted by Crippen LogP contribution is 2.14. The summed E-state index contributed by atoms with van der Waals surface area (Å²) in [6, 6.07) is 1.75. The summed E-state index contributed by atoms with van der Waals surface area (Å²) in [6.45, 7) is 4.15.